The lowest BCUT2D eigenvalue weighted by atomic mass is 9.77. The SMILES string of the molecule is C[C@@H](O)[C@H]1C(=O)N2C(C(=O)O)=C(c3cn4cnc(SCCO[Si](C)(C)C(C)(C)C)c4s3)[C@H](C)[C@H]12. The number of imidazole rings is 1. The minimum absolute atomic E-state index is 0.0360. The Kier molecular flexibility index (Phi) is 6.56. The molecule has 1 amide bonds. The molecule has 0 saturated carbocycles. The molecule has 1 saturated heterocycles. The minimum atomic E-state index is -1.80. The van der Waals surface area contributed by atoms with E-state index in [4.69, 9.17) is 4.43 Å². The molecule has 11 heteroatoms. The summed E-state index contributed by atoms with van der Waals surface area (Å²) < 4.78 is 8.19. The molecule has 2 aliphatic heterocycles. The molecule has 1 fully saturated rings. The molecular weight excluding hydrogens is 490 g/mol. The lowest BCUT2D eigenvalue weighted by Gasteiger charge is -2.46. The number of β-lactam (4-membered cyclic amide) rings is 1. The summed E-state index contributed by atoms with van der Waals surface area (Å²) in [5.41, 5.74) is 0.689. The molecule has 0 bridgehead atoms. The van der Waals surface area contributed by atoms with E-state index in [1.807, 2.05) is 17.5 Å². The van der Waals surface area contributed by atoms with Crippen LogP contribution >= 0.6 is 23.1 Å². The Morgan fingerprint density at radius 1 is 1.38 bits per heavy atom. The molecule has 4 rings (SSSR count). The summed E-state index contributed by atoms with van der Waals surface area (Å²) in [5, 5.41) is 21.1. The largest absolute Gasteiger partial charge is 0.477 e. The number of carboxylic acids is 1. The average Bonchev–Trinajstić information content (AvgIpc) is 3.34. The Balaban J connectivity index is 1.55. The zero-order chi connectivity index (χ0) is 25.2. The molecule has 0 spiro atoms. The molecule has 2 aromatic rings. The van der Waals surface area contributed by atoms with E-state index < -0.39 is 26.3 Å². The summed E-state index contributed by atoms with van der Waals surface area (Å²) in [7, 11) is -1.80. The van der Waals surface area contributed by atoms with Crippen molar-refractivity contribution in [1.29, 1.82) is 0 Å². The average molecular weight is 524 g/mol. The number of aliphatic hydroxyl groups excluding tert-OH is 1. The van der Waals surface area contributed by atoms with Crippen molar-refractivity contribution in [2.45, 2.75) is 69.9 Å². The van der Waals surface area contributed by atoms with Crippen LogP contribution in [-0.2, 0) is 14.0 Å². The number of thiazole rings is 1. The standard InChI is InChI=1S/C23H33N3O5S2Si/c1-12-15(18(22(29)30)26-17(12)16(13(2)27)20(26)28)14-10-25-11-24-19(21(25)33-14)32-9-8-31-34(6,7)23(3,4)5/h10-13,16-17,27H,8-9H2,1-7H3,(H,29,30)/t12-,13+,16+,17+/m0/s1. The summed E-state index contributed by atoms with van der Waals surface area (Å²) >= 11 is 3.12. The highest BCUT2D eigenvalue weighted by atomic mass is 32.2. The lowest BCUT2D eigenvalue weighted by Crippen LogP contribution is -2.63. The van der Waals surface area contributed by atoms with Crippen molar-refractivity contribution in [3.05, 3.63) is 23.1 Å². The van der Waals surface area contributed by atoms with E-state index in [-0.39, 0.29) is 28.6 Å². The topological polar surface area (TPSA) is 104 Å². The maximum absolute atomic E-state index is 12.6. The van der Waals surface area contributed by atoms with Gasteiger partial charge in [0.05, 0.1) is 22.9 Å². The maximum Gasteiger partial charge on any atom is 0.352 e. The summed E-state index contributed by atoms with van der Waals surface area (Å²) in [6.45, 7) is 15.3. The van der Waals surface area contributed by atoms with Crippen LogP contribution in [0.4, 0.5) is 0 Å². The number of aliphatic hydroxyl groups is 1. The van der Waals surface area contributed by atoms with Crippen LogP contribution in [0.3, 0.4) is 0 Å². The van der Waals surface area contributed by atoms with Gasteiger partial charge in [0, 0.05) is 30.0 Å². The molecule has 2 aliphatic rings. The molecule has 4 atom stereocenters. The van der Waals surface area contributed by atoms with E-state index in [1.165, 1.54) is 16.2 Å². The van der Waals surface area contributed by atoms with Gasteiger partial charge in [-0.3, -0.25) is 9.20 Å². The third kappa shape index (κ3) is 4.05. The lowest BCUT2D eigenvalue weighted by molar-refractivity contribution is -0.163. The van der Waals surface area contributed by atoms with Gasteiger partial charge in [0.15, 0.2) is 8.32 Å². The van der Waals surface area contributed by atoms with E-state index in [1.54, 1.807) is 25.0 Å². The Morgan fingerprint density at radius 3 is 2.65 bits per heavy atom. The summed E-state index contributed by atoms with van der Waals surface area (Å²) in [6, 6.07) is -0.325. The number of carbonyl (C=O) groups excluding carboxylic acids is 1. The smallest absolute Gasteiger partial charge is 0.352 e. The molecule has 2 N–H and O–H groups in total. The Hall–Kier alpha value is -1.66. The number of amides is 1. The zero-order valence-electron chi connectivity index (χ0n) is 20.7. The van der Waals surface area contributed by atoms with E-state index in [9.17, 15) is 19.8 Å². The third-order valence-corrected chi connectivity index (χ3v) is 14.2. The van der Waals surface area contributed by atoms with Gasteiger partial charge in [-0.1, -0.05) is 27.7 Å². The number of carbonyl (C=O) groups is 2. The van der Waals surface area contributed by atoms with E-state index in [0.717, 1.165) is 20.5 Å². The van der Waals surface area contributed by atoms with E-state index >= 15 is 0 Å². The van der Waals surface area contributed by atoms with Gasteiger partial charge in [-0.15, -0.1) is 23.1 Å². The van der Waals surface area contributed by atoms with E-state index in [0.29, 0.717) is 12.2 Å². The fraction of sp³-hybridized carbons (Fsp3) is 0.609. The first-order valence-corrected chi connectivity index (χ1v) is 16.2. The third-order valence-electron chi connectivity index (χ3n) is 7.41. The summed E-state index contributed by atoms with van der Waals surface area (Å²) in [6.07, 6.45) is 2.82. The van der Waals surface area contributed by atoms with Gasteiger partial charge in [-0.25, -0.2) is 9.78 Å². The molecular formula is C23H33N3O5S2Si. The number of hydrogen-bond acceptors (Lipinski definition) is 7. The van der Waals surface area contributed by atoms with Crippen LogP contribution in [0.15, 0.2) is 23.2 Å². The van der Waals surface area contributed by atoms with Crippen molar-refractivity contribution in [3.63, 3.8) is 0 Å². The molecule has 0 aromatic carbocycles. The first kappa shape index (κ1) is 25.4. The quantitative estimate of drug-likeness (QED) is 0.232. The van der Waals surface area contributed by atoms with Crippen LogP contribution in [0.2, 0.25) is 18.1 Å². The molecule has 0 radical (unpaired) electrons. The van der Waals surface area contributed by atoms with Crippen molar-refractivity contribution >= 4 is 53.7 Å². The molecule has 186 valence electrons. The molecule has 0 aliphatic carbocycles. The number of carboxylic acid groups (broad SMARTS) is 1. The first-order chi connectivity index (χ1) is 15.8. The van der Waals surface area contributed by atoms with Crippen molar-refractivity contribution in [2.75, 3.05) is 12.4 Å². The predicted octanol–water partition coefficient (Wildman–Crippen LogP) is 4.16. The second kappa shape index (κ2) is 8.77. The van der Waals surface area contributed by atoms with Gasteiger partial charge in [-0.2, -0.15) is 0 Å². The summed E-state index contributed by atoms with van der Waals surface area (Å²) in [5.74, 6) is -1.40. The number of fused-ring (bicyclic) bond motifs is 2. The number of aromatic nitrogens is 2. The number of aliphatic carboxylic acids is 1. The Morgan fingerprint density at radius 2 is 2.06 bits per heavy atom. The molecule has 8 nitrogen and oxygen atoms in total. The molecule has 34 heavy (non-hydrogen) atoms. The molecule has 0 unspecified atom stereocenters. The summed E-state index contributed by atoms with van der Waals surface area (Å²) in [4.78, 5) is 32.4. The van der Waals surface area contributed by atoms with Gasteiger partial charge in [0.2, 0.25) is 5.91 Å². The highest BCUT2D eigenvalue weighted by molar-refractivity contribution is 7.99. The fourth-order valence-electron chi connectivity index (χ4n) is 4.55. The van der Waals surface area contributed by atoms with Gasteiger partial charge in [-0.05, 0) is 25.1 Å². The fourth-order valence-corrected chi connectivity index (χ4v) is 7.86. The van der Waals surface area contributed by atoms with Gasteiger partial charge in [0.25, 0.3) is 0 Å². The predicted molar refractivity (Wildman–Crippen MR) is 136 cm³/mol. The van der Waals surface area contributed by atoms with E-state index in [2.05, 4.69) is 38.8 Å². The van der Waals surface area contributed by atoms with Crippen molar-refractivity contribution in [1.82, 2.24) is 14.3 Å². The molecule has 2 aromatic heterocycles. The number of nitrogens with zero attached hydrogens (tertiary/aromatic N) is 3. The normalized spacial score (nSPS) is 24.1. The maximum atomic E-state index is 12.6. The molecule has 4 heterocycles. The van der Waals surface area contributed by atoms with Crippen LogP contribution in [-0.4, -0.2) is 69.2 Å². The Bertz CT molecular complexity index is 1160. The van der Waals surface area contributed by atoms with Gasteiger partial charge < -0.3 is 19.5 Å². The van der Waals surface area contributed by atoms with Gasteiger partial charge in [0.1, 0.15) is 21.9 Å². The Labute approximate surface area is 209 Å². The number of rotatable bonds is 8. The van der Waals surface area contributed by atoms with Crippen molar-refractivity contribution < 1.29 is 24.2 Å². The van der Waals surface area contributed by atoms with Crippen LogP contribution in [0.25, 0.3) is 10.4 Å². The van der Waals surface area contributed by atoms with Crippen molar-refractivity contribution in [3.8, 4) is 0 Å². The number of hydrogen-bond donors (Lipinski definition) is 2. The highest BCUT2D eigenvalue weighted by Gasteiger charge is 2.60. The second-order valence-electron chi connectivity index (χ2n) is 10.6. The zero-order valence-corrected chi connectivity index (χ0v) is 23.3. The first-order valence-electron chi connectivity index (χ1n) is 11.5. The second-order valence-corrected chi connectivity index (χ2v) is 17.6. The minimum Gasteiger partial charge on any atom is -0.477 e. The highest BCUT2D eigenvalue weighted by Crippen LogP contribution is 2.51. The van der Waals surface area contributed by atoms with Gasteiger partial charge >= 0.3 is 5.97 Å². The van der Waals surface area contributed by atoms with Crippen LogP contribution in [0.5, 0.6) is 0 Å². The number of thioether (sulfide) groups is 1. The monoisotopic (exact) mass is 523 g/mol. The van der Waals surface area contributed by atoms with Crippen molar-refractivity contribution in [2.24, 2.45) is 11.8 Å². The van der Waals surface area contributed by atoms with Crippen LogP contribution in [0, 0.1) is 11.8 Å². The van der Waals surface area contributed by atoms with Crippen LogP contribution in [0.1, 0.15) is 39.5 Å². The van der Waals surface area contributed by atoms with Crippen LogP contribution < -0.4 is 0 Å².